The smallest absolute Gasteiger partial charge is 0.0479 e. The molecule has 0 spiro atoms. The van der Waals surface area contributed by atoms with Gasteiger partial charge in [-0.25, -0.2) is 0 Å². The highest BCUT2D eigenvalue weighted by molar-refractivity contribution is 7.80. The van der Waals surface area contributed by atoms with E-state index >= 15 is 0 Å². The van der Waals surface area contributed by atoms with Crippen LogP contribution in [0.1, 0.15) is 5.56 Å². The third kappa shape index (κ3) is 1.19. The molecule has 1 aromatic rings. The summed E-state index contributed by atoms with van der Waals surface area (Å²) in [5.74, 6) is 0. The zero-order valence-corrected chi connectivity index (χ0v) is 6.15. The van der Waals surface area contributed by atoms with Gasteiger partial charge in [0.05, 0.1) is 0 Å². The van der Waals surface area contributed by atoms with Gasteiger partial charge in [-0.2, -0.15) is 0 Å². The molecule has 2 N–H and O–H groups in total. The number of benzene rings is 1. The number of hydrogen-bond donors (Lipinski definition) is 2. The highest BCUT2D eigenvalue weighted by Crippen LogP contribution is 2.18. The van der Waals surface area contributed by atoms with Gasteiger partial charge in [0.2, 0.25) is 0 Å². The van der Waals surface area contributed by atoms with Gasteiger partial charge in [-0.1, -0.05) is 12.1 Å². The highest BCUT2D eigenvalue weighted by atomic mass is 32.1. The van der Waals surface area contributed by atoms with Crippen molar-refractivity contribution in [2.45, 2.75) is 11.8 Å². The van der Waals surface area contributed by atoms with Gasteiger partial charge in [-0.15, -0.1) is 12.6 Å². The van der Waals surface area contributed by atoms with Gasteiger partial charge in [-0.05, 0) is 18.6 Å². The van der Waals surface area contributed by atoms with Gasteiger partial charge in [0, 0.05) is 10.6 Å². The van der Waals surface area contributed by atoms with E-state index < -0.39 is 0 Å². The van der Waals surface area contributed by atoms with E-state index in [0.717, 1.165) is 16.1 Å². The van der Waals surface area contributed by atoms with E-state index in [0.29, 0.717) is 0 Å². The van der Waals surface area contributed by atoms with Crippen molar-refractivity contribution in [1.29, 1.82) is 0 Å². The zero-order valence-electron chi connectivity index (χ0n) is 5.26. The molecule has 0 saturated heterocycles. The average molecular weight is 139 g/mol. The van der Waals surface area contributed by atoms with E-state index in [-0.39, 0.29) is 0 Å². The Kier molecular flexibility index (Phi) is 1.67. The molecule has 1 nitrogen and oxygen atoms in total. The van der Waals surface area contributed by atoms with Crippen LogP contribution in [0.2, 0.25) is 0 Å². The quantitative estimate of drug-likeness (QED) is 0.416. The minimum absolute atomic E-state index is 0.779. The minimum Gasteiger partial charge on any atom is -0.398 e. The van der Waals surface area contributed by atoms with E-state index in [9.17, 15) is 0 Å². The first kappa shape index (κ1) is 6.49. The zero-order chi connectivity index (χ0) is 6.85. The van der Waals surface area contributed by atoms with Gasteiger partial charge in [0.25, 0.3) is 0 Å². The number of rotatable bonds is 0. The topological polar surface area (TPSA) is 26.0 Å². The largest absolute Gasteiger partial charge is 0.398 e. The van der Waals surface area contributed by atoms with Crippen molar-refractivity contribution in [1.82, 2.24) is 0 Å². The number of hydrogen-bond acceptors (Lipinski definition) is 2. The number of thiol groups is 1. The molecule has 48 valence electrons. The van der Waals surface area contributed by atoms with E-state index in [1.165, 1.54) is 0 Å². The Balaban J connectivity index is 3.25. The second-order valence-electron chi connectivity index (χ2n) is 2.01. The summed E-state index contributed by atoms with van der Waals surface area (Å²) in [5, 5.41) is 0. The molecule has 0 aromatic heterocycles. The lowest BCUT2D eigenvalue weighted by molar-refractivity contribution is 1.37. The molecule has 2 heteroatoms. The molecule has 0 aliphatic rings. The molecule has 0 bridgehead atoms. The van der Waals surface area contributed by atoms with Crippen LogP contribution < -0.4 is 5.73 Å². The third-order valence-electron chi connectivity index (χ3n) is 1.30. The highest BCUT2D eigenvalue weighted by Gasteiger charge is 1.93. The van der Waals surface area contributed by atoms with Crippen molar-refractivity contribution in [3.8, 4) is 0 Å². The molecule has 0 radical (unpaired) electrons. The van der Waals surface area contributed by atoms with Crippen LogP contribution >= 0.6 is 12.6 Å². The SMILES string of the molecule is Cc1cccc(S)c1N. The van der Waals surface area contributed by atoms with E-state index in [2.05, 4.69) is 12.6 Å². The van der Waals surface area contributed by atoms with Crippen LogP contribution in [0.3, 0.4) is 0 Å². The molecule has 0 amide bonds. The molecule has 1 aromatic carbocycles. The summed E-state index contributed by atoms with van der Waals surface area (Å²) in [6.07, 6.45) is 0. The van der Waals surface area contributed by atoms with E-state index in [1.807, 2.05) is 25.1 Å². The first-order valence-corrected chi connectivity index (χ1v) is 3.20. The van der Waals surface area contributed by atoms with Gasteiger partial charge in [-0.3, -0.25) is 0 Å². The summed E-state index contributed by atoms with van der Waals surface area (Å²) in [7, 11) is 0. The Morgan fingerprint density at radius 2 is 2.11 bits per heavy atom. The van der Waals surface area contributed by atoms with Crippen molar-refractivity contribution in [2.24, 2.45) is 0 Å². The molecular formula is C7H9NS. The van der Waals surface area contributed by atoms with Crippen molar-refractivity contribution >= 4 is 18.3 Å². The molecule has 0 aliphatic carbocycles. The molecule has 0 heterocycles. The summed E-state index contributed by atoms with van der Waals surface area (Å²) in [6.45, 7) is 1.97. The Morgan fingerprint density at radius 3 is 2.56 bits per heavy atom. The Labute approximate surface area is 60.3 Å². The summed E-state index contributed by atoms with van der Waals surface area (Å²) >= 11 is 4.14. The molecule has 0 fully saturated rings. The van der Waals surface area contributed by atoms with Crippen molar-refractivity contribution in [3.63, 3.8) is 0 Å². The predicted octanol–water partition coefficient (Wildman–Crippen LogP) is 1.87. The Bertz CT molecular complexity index is 200. The third-order valence-corrected chi connectivity index (χ3v) is 1.69. The normalized spacial score (nSPS) is 9.56. The lowest BCUT2D eigenvalue weighted by Gasteiger charge is -1.99. The van der Waals surface area contributed by atoms with Gasteiger partial charge in [0.15, 0.2) is 0 Å². The molecule has 9 heavy (non-hydrogen) atoms. The molecule has 0 saturated carbocycles. The molecular weight excluding hydrogens is 130 g/mol. The fourth-order valence-electron chi connectivity index (χ4n) is 0.665. The molecule has 1 rings (SSSR count). The van der Waals surface area contributed by atoms with Crippen LogP contribution in [0.15, 0.2) is 23.1 Å². The Hall–Kier alpha value is -0.630. The van der Waals surface area contributed by atoms with Crippen molar-refractivity contribution < 1.29 is 0 Å². The minimum atomic E-state index is 0.779. The fourth-order valence-corrected chi connectivity index (χ4v) is 0.928. The maximum Gasteiger partial charge on any atom is 0.0479 e. The summed E-state index contributed by atoms with van der Waals surface area (Å²) in [6, 6.07) is 5.79. The van der Waals surface area contributed by atoms with Crippen LogP contribution in [0.4, 0.5) is 5.69 Å². The number of nitrogen functional groups attached to an aromatic ring is 1. The Morgan fingerprint density at radius 1 is 1.44 bits per heavy atom. The number of nitrogens with two attached hydrogens (primary N) is 1. The summed E-state index contributed by atoms with van der Waals surface area (Å²) in [5.41, 5.74) is 7.47. The number of aryl methyl sites for hydroxylation is 1. The second-order valence-corrected chi connectivity index (χ2v) is 2.49. The molecule has 0 atom stereocenters. The monoisotopic (exact) mass is 139 g/mol. The van der Waals surface area contributed by atoms with E-state index in [1.54, 1.807) is 0 Å². The number of para-hydroxylation sites is 1. The molecule has 0 unspecified atom stereocenters. The van der Waals surface area contributed by atoms with Crippen LogP contribution in [0.25, 0.3) is 0 Å². The van der Waals surface area contributed by atoms with Crippen LogP contribution in [-0.4, -0.2) is 0 Å². The summed E-state index contributed by atoms with van der Waals surface area (Å²) in [4.78, 5) is 0.856. The molecule has 0 aliphatic heterocycles. The van der Waals surface area contributed by atoms with Gasteiger partial charge in [0.1, 0.15) is 0 Å². The summed E-state index contributed by atoms with van der Waals surface area (Å²) < 4.78 is 0. The van der Waals surface area contributed by atoms with Crippen LogP contribution in [0, 0.1) is 6.92 Å². The average Bonchev–Trinajstić information content (AvgIpc) is 1.83. The first-order chi connectivity index (χ1) is 4.22. The predicted molar refractivity (Wildman–Crippen MR) is 42.8 cm³/mol. The second kappa shape index (κ2) is 2.31. The first-order valence-electron chi connectivity index (χ1n) is 2.76. The van der Waals surface area contributed by atoms with Gasteiger partial charge >= 0.3 is 0 Å². The van der Waals surface area contributed by atoms with Crippen LogP contribution in [-0.2, 0) is 0 Å². The number of anilines is 1. The maximum absolute atomic E-state index is 5.61. The van der Waals surface area contributed by atoms with Gasteiger partial charge < -0.3 is 5.73 Å². The standard InChI is InChI=1S/C7H9NS/c1-5-3-2-4-6(9)7(5)8/h2-4,9H,8H2,1H3. The van der Waals surface area contributed by atoms with E-state index in [4.69, 9.17) is 5.73 Å². The lowest BCUT2D eigenvalue weighted by Crippen LogP contribution is -1.89. The fraction of sp³-hybridized carbons (Fsp3) is 0.143. The van der Waals surface area contributed by atoms with Crippen LogP contribution in [0.5, 0.6) is 0 Å². The maximum atomic E-state index is 5.61. The lowest BCUT2D eigenvalue weighted by atomic mass is 10.2. The van der Waals surface area contributed by atoms with Crippen molar-refractivity contribution in [3.05, 3.63) is 23.8 Å². The van der Waals surface area contributed by atoms with Crippen molar-refractivity contribution in [2.75, 3.05) is 5.73 Å².